The van der Waals surface area contributed by atoms with E-state index < -0.39 is 0 Å². The Hall–Kier alpha value is -3.22. The summed E-state index contributed by atoms with van der Waals surface area (Å²) < 4.78 is 13.0. The number of likely N-dealkylation sites (tertiary alicyclic amines) is 1. The van der Waals surface area contributed by atoms with Crippen LogP contribution in [0.3, 0.4) is 0 Å². The number of piperidine rings is 1. The Morgan fingerprint density at radius 1 is 0.939 bits per heavy atom. The molecular weight excluding hydrogens is 419 g/mol. The number of benzene rings is 1. The molecule has 1 spiro atoms. The third-order valence-electron chi connectivity index (χ3n) is 7.41. The van der Waals surface area contributed by atoms with Crippen molar-refractivity contribution in [2.75, 3.05) is 44.2 Å². The lowest BCUT2D eigenvalue weighted by Gasteiger charge is -2.37. The molecule has 3 fully saturated rings. The van der Waals surface area contributed by atoms with E-state index in [0.29, 0.717) is 13.1 Å². The number of amides is 2. The van der Waals surface area contributed by atoms with Crippen molar-refractivity contribution in [1.29, 1.82) is 0 Å². The highest BCUT2D eigenvalue weighted by Crippen LogP contribution is 2.60. The molecular formula is C26H29FN4O2. The normalized spacial score (nSPS) is 22.1. The first-order valence-corrected chi connectivity index (χ1v) is 11.7. The van der Waals surface area contributed by atoms with Crippen molar-refractivity contribution in [1.82, 2.24) is 14.8 Å². The van der Waals surface area contributed by atoms with E-state index in [1.807, 2.05) is 28.0 Å². The van der Waals surface area contributed by atoms with E-state index in [-0.39, 0.29) is 29.0 Å². The lowest BCUT2D eigenvalue weighted by atomic mass is 9.90. The van der Waals surface area contributed by atoms with Gasteiger partial charge in [0, 0.05) is 57.5 Å². The Bertz CT molecular complexity index is 1020. The largest absolute Gasteiger partial charge is 0.353 e. The van der Waals surface area contributed by atoms with Crippen LogP contribution in [0.25, 0.3) is 6.08 Å². The first kappa shape index (κ1) is 21.6. The van der Waals surface area contributed by atoms with Crippen molar-refractivity contribution >= 4 is 23.7 Å². The molecule has 1 saturated carbocycles. The van der Waals surface area contributed by atoms with Gasteiger partial charge in [0.1, 0.15) is 11.6 Å². The Labute approximate surface area is 193 Å². The number of carbonyl (C=O) groups excluding carboxylic acids is 2. The van der Waals surface area contributed by atoms with Crippen LogP contribution in [0.4, 0.5) is 10.2 Å². The second kappa shape index (κ2) is 8.96. The average molecular weight is 449 g/mol. The van der Waals surface area contributed by atoms with E-state index in [0.717, 1.165) is 56.8 Å². The summed E-state index contributed by atoms with van der Waals surface area (Å²) in [6.07, 6.45) is 7.79. The van der Waals surface area contributed by atoms with Crippen LogP contribution in [-0.4, -0.2) is 65.9 Å². The van der Waals surface area contributed by atoms with Gasteiger partial charge in [-0.25, -0.2) is 9.37 Å². The van der Waals surface area contributed by atoms with Gasteiger partial charge in [0.25, 0.3) is 0 Å². The molecule has 5 rings (SSSR count). The lowest BCUT2D eigenvalue weighted by molar-refractivity contribution is -0.134. The molecule has 7 heteroatoms. The molecule has 2 saturated heterocycles. The molecule has 1 aliphatic carbocycles. The fourth-order valence-corrected chi connectivity index (χ4v) is 5.19. The summed E-state index contributed by atoms with van der Waals surface area (Å²) in [5.74, 6) is 1.04. The van der Waals surface area contributed by atoms with Crippen LogP contribution >= 0.6 is 0 Å². The van der Waals surface area contributed by atoms with Crippen LogP contribution in [-0.2, 0) is 9.59 Å². The molecule has 1 unspecified atom stereocenters. The maximum atomic E-state index is 13.1. The zero-order chi connectivity index (χ0) is 22.8. The minimum Gasteiger partial charge on any atom is -0.353 e. The van der Waals surface area contributed by atoms with Gasteiger partial charge in [-0.05, 0) is 60.6 Å². The third-order valence-corrected chi connectivity index (χ3v) is 7.41. The first-order valence-electron chi connectivity index (χ1n) is 11.7. The second-order valence-electron chi connectivity index (χ2n) is 9.33. The van der Waals surface area contributed by atoms with E-state index in [4.69, 9.17) is 0 Å². The van der Waals surface area contributed by atoms with Crippen LogP contribution in [0.15, 0.2) is 54.7 Å². The van der Waals surface area contributed by atoms with Crippen LogP contribution in [0.5, 0.6) is 0 Å². The Balaban J connectivity index is 1.09. The molecule has 0 radical (unpaired) electrons. The van der Waals surface area contributed by atoms with Crippen LogP contribution in [0.1, 0.15) is 24.8 Å². The maximum absolute atomic E-state index is 13.1. The number of rotatable bonds is 4. The van der Waals surface area contributed by atoms with E-state index in [1.54, 1.807) is 30.5 Å². The zero-order valence-corrected chi connectivity index (χ0v) is 18.7. The number of anilines is 1. The smallest absolute Gasteiger partial charge is 0.246 e. The van der Waals surface area contributed by atoms with Crippen LogP contribution < -0.4 is 4.90 Å². The van der Waals surface area contributed by atoms with Crippen LogP contribution in [0, 0.1) is 17.2 Å². The molecule has 0 N–H and O–H groups in total. The summed E-state index contributed by atoms with van der Waals surface area (Å²) in [4.78, 5) is 36.2. The van der Waals surface area contributed by atoms with Gasteiger partial charge < -0.3 is 14.7 Å². The minimum atomic E-state index is -0.288. The number of aromatic nitrogens is 1. The Morgan fingerprint density at radius 2 is 1.67 bits per heavy atom. The number of carbonyl (C=O) groups is 2. The topological polar surface area (TPSA) is 56.8 Å². The summed E-state index contributed by atoms with van der Waals surface area (Å²) >= 11 is 0. The minimum absolute atomic E-state index is 0.0247. The molecule has 1 atom stereocenters. The van der Waals surface area contributed by atoms with Crippen molar-refractivity contribution in [2.45, 2.75) is 19.3 Å². The van der Waals surface area contributed by atoms with E-state index in [9.17, 15) is 14.0 Å². The molecule has 1 aromatic carbocycles. The van der Waals surface area contributed by atoms with Crippen molar-refractivity contribution in [3.63, 3.8) is 0 Å². The number of nitrogens with zero attached hydrogens (tertiary/aromatic N) is 4. The molecule has 2 aromatic rings. The average Bonchev–Trinajstić information content (AvgIpc) is 3.57. The van der Waals surface area contributed by atoms with Crippen molar-refractivity contribution in [3.05, 3.63) is 66.1 Å². The SMILES string of the molecule is O=C(C=Cc1ccc(F)cc1)N1CCC2(CC1)CC2C(=O)N1CCN(c2ccccn2)CC1. The predicted octanol–water partition coefficient (Wildman–Crippen LogP) is 3.21. The quantitative estimate of drug-likeness (QED) is 0.674. The molecule has 33 heavy (non-hydrogen) atoms. The van der Waals surface area contributed by atoms with Gasteiger partial charge in [0.15, 0.2) is 0 Å². The first-order chi connectivity index (χ1) is 16.0. The highest BCUT2D eigenvalue weighted by atomic mass is 19.1. The number of piperazine rings is 1. The van der Waals surface area contributed by atoms with Crippen molar-refractivity contribution in [2.24, 2.45) is 11.3 Å². The number of pyridine rings is 1. The van der Waals surface area contributed by atoms with Crippen molar-refractivity contribution in [3.8, 4) is 0 Å². The van der Waals surface area contributed by atoms with Gasteiger partial charge in [-0.3, -0.25) is 9.59 Å². The number of halogens is 1. The van der Waals surface area contributed by atoms with E-state index >= 15 is 0 Å². The number of hydrogen-bond acceptors (Lipinski definition) is 4. The highest BCUT2D eigenvalue weighted by molar-refractivity contribution is 5.92. The van der Waals surface area contributed by atoms with Gasteiger partial charge in [-0.2, -0.15) is 0 Å². The Morgan fingerprint density at radius 3 is 2.33 bits per heavy atom. The van der Waals surface area contributed by atoms with Gasteiger partial charge in [0.05, 0.1) is 0 Å². The van der Waals surface area contributed by atoms with Gasteiger partial charge in [-0.15, -0.1) is 0 Å². The molecule has 2 aliphatic heterocycles. The van der Waals surface area contributed by atoms with Gasteiger partial charge >= 0.3 is 0 Å². The molecule has 3 aliphatic rings. The summed E-state index contributed by atoms with van der Waals surface area (Å²) in [6.45, 7) is 4.46. The summed E-state index contributed by atoms with van der Waals surface area (Å²) in [5.41, 5.74) is 0.876. The zero-order valence-electron chi connectivity index (χ0n) is 18.7. The van der Waals surface area contributed by atoms with E-state index in [1.165, 1.54) is 12.1 Å². The molecule has 0 bridgehead atoms. The highest BCUT2D eigenvalue weighted by Gasteiger charge is 2.59. The van der Waals surface area contributed by atoms with Crippen LogP contribution in [0.2, 0.25) is 0 Å². The predicted molar refractivity (Wildman–Crippen MR) is 125 cm³/mol. The van der Waals surface area contributed by atoms with E-state index in [2.05, 4.69) is 9.88 Å². The molecule has 3 heterocycles. The molecule has 2 amide bonds. The summed E-state index contributed by atoms with van der Waals surface area (Å²) in [6, 6.07) is 12.0. The summed E-state index contributed by atoms with van der Waals surface area (Å²) in [5, 5.41) is 0. The Kier molecular flexibility index (Phi) is 5.87. The molecule has 1 aromatic heterocycles. The fraction of sp³-hybridized carbons (Fsp3) is 0.423. The maximum Gasteiger partial charge on any atom is 0.246 e. The van der Waals surface area contributed by atoms with Gasteiger partial charge in [0.2, 0.25) is 11.8 Å². The lowest BCUT2D eigenvalue weighted by Crippen LogP contribution is -2.50. The standard InChI is InChI=1S/C26H29FN4O2/c27-21-7-4-20(5-8-21)6-9-24(32)30-13-10-26(11-14-30)19-22(26)25(33)31-17-15-29(16-18-31)23-3-1-2-12-28-23/h1-9,12,22H,10-11,13-19H2. The molecule has 6 nitrogen and oxygen atoms in total. The molecule has 172 valence electrons. The second-order valence-corrected chi connectivity index (χ2v) is 9.33. The fourth-order valence-electron chi connectivity index (χ4n) is 5.19. The van der Waals surface area contributed by atoms with Crippen molar-refractivity contribution < 1.29 is 14.0 Å². The number of hydrogen-bond donors (Lipinski definition) is 0. The van der Waals surface area contributed by atoms with Gasteiger partial charge in [-0.1, -0.05) is 18.2 Å². The monoisotopic (exact) mass is 448 g/mol. The third kappa shape index (κ3) is 4.63. The summed E-state index contributed by atoms with van der Waals surface area (Å²) in [7, 11) is 0.